The number of ether oxygens (including phenoxy) is 1. The molecule has 0 aromatic heterocycles. The Morgan fingerprint density at radius 3 is 2.38 bits per heavy atom. The van der Waals surface area contributed by atoms with E-state index in [0.717, 1.165) is 11.1 Å². The standard InChI is InChI=1S/C17H18ClN3O3/c1-11-3-8-15(9-12(11)2)24-10-16(22)20-21-17(23)19-14-6-4-13(18)5-7-14/h3-9H,10H2,1-2H3,(H,20,22)(H2,19,21,23). The van der Waals surface area contributed by atoms with Gasteiger partial charge >= 0.3 is 6.03 Å². The van der Waals surface area contributed by atoms with Crippen molar-refractivity contribution in [2.45, 2.75) is 13.8 Å². The van der Waals surface area contributed by atoms with E-state index in [-0.39, 0.29) is 6.61 Å². The molecule has 0 unspecified atom stereocenters. The van der Waals surface area contributed by atoms with Crippen LogP contribution < -0.4 is 20.9 Å². The van der Waals surface area contributed by atoms with Gasteiger partial charge in [-0.2, -0.15) is 0 Å². The van der Waals surface area contributed by atoms with Crippen molar-refractivity contribution in [2.24, 2.45) is 0 Å². The average molecular weight is 348 g/mol. The zero-order valence-corrected chi connectivity index (χ0v) is 14.1. The molecule has 0 radical (unpaired) electrons. The molecule has 2 aromatic carbocycles. The Hall–Kier alpha value is -2.73. The molecule has 0 aliphatic heterocycles. The summed E-state index contributed by atoms with van der Waals surface area (Å²) in [5.41, 5.74) is 7.27. The fourth-order valence-electron chi connectivity index (χ4n) is 1.81. The van der Waals surface area contributed by atoms with Crippen molar-refractivity contribution in [1.29, 1.82) is 0 Å². The lowest BCUT2D eigenvalue weighted by atomic mass is 10.1. The minimum absolute atomic E-state index is 0.205. The number of rotatable bonds is 4. The molecular weight excluding hydrogens is 330 g/mol. The Morgan fingerprint density at radius 2 is 1.71 bits per heavy atom. The average Bonchev–Trinajstić information content (AvgIpc) is 2.56. The third-order valence-corrected chi connectivity index (χ3v) is 3.52. The second kappa shape index (κ2) is 8.21. The Balaban J connectivity index is 1.73. The van der Waals surface area contributed by atoms with E-state index in [1.807, 2.05) is 26.0 Å². The normalized spacial score (nSPS) is 9.96. The molecular formula is C17H18ClN3O3. The number of anilines is 1. The van der Waals surface area contributed by atoms with Crippen molar-refractivity contribution in [3.63, 3.8) is 0 Å². The van der Waals surface area contributed by atoms with Crippen LogP contribution >= 0.6 is 11.6 Å². The van der Waals surface area contributed by atoms with Gasteiger partial charge in [0.25, 0.3) is 5.91 Å². The number of benzene rings is 2. The molecule has 0 saturated carbocycles. The summed E-state index contributed by atoms with van der Waals surface area (Å²) in [7, 11) is 0. The third-order valence-electron chi connectivity index (χ3n) is 3.27. The highest BCUT2D eigenvalue weighted by atomic mass is 35.5. The maximum Gasteiger partial charge on any atom is 0.337 e. The summed E-state index contributed by atoms with van der Waals surface area (Å²) in [6, 6.07) is 11.6. The molecule has 0 aliphatic rings. The Bertz CT molecular complexity index is 732. The van der Waals surface area contributed by atoms with Gasteiger partial charge in [-0.25, -0.2) is 10.2 Å². The molecule has 2 rings (SSSR count). The number of hydrogen-bond acceptors (Lipinski definition) is 3. The molecule has 7 heteroatoms. The quantitative estimate of drug-likeness (QED) is 0.743. The van der Waals surface area contributed by atoms with Crippen molar-refractivity contribution in [2.75, 3.05) is 11.9 Å². The predicted molar refractivity (Wildman–Crippen MR) is 93.2 cm³/mol. The number of hydrogen-bond donors (Lipinski definition) is 3. The van der Waals surface area contributed by atoms with Crippen LogP contribution in [0.15, 0.2) is 42.5 Å². The van der Waals surface area contributed by atoms with Crippen LogP contribution in [0, 0.1) is 13.8 Å². The van der Waals surface area contributed by atoms with Gasteiger partial charge < -0.3 is 10.1 Å². The minimum Gasteiger partial charge on any atom is -0.484 e. The lowest BCUT2D eigenvalue weighted by Crippen LogP contribution is -2.45. The summed E-state index contributed by atoms with van der Waals surface area (Å²) in [5, 5.41) is 3.12. The van der Waals surface area contributed by atoms with Gasteiger partial charge in [-0.1, -0.05) is 17.7 Å². The first-order valence-electron chi connectivity index (χ1n) is 7.25. The fraction of sp³-hybridized carbons (Fsp3) is 0.176. The van der Waals surface area contributed by atoms with Crippen LogP contribution in [-0.4, -0.2) is 18.5 Å². The van der Waals surface area contributed by atoms with Gasteiger partial charge in [0.2, 0.25) is 0 Å². The fourth-order valence-corrected chi connectivity index (χ4v) is 1.94. The summed E-state index contributed by atoms with van der Waals surface area (Å²) >= 11 is 5.76. The van der Waals surface area contributed by atoms with E-state index < -0.39 is 11.9 Å². The number of aryl methyl sites for hydroxylation is 2. The Morgan fingerprint density at radius 1 is 1.00 bits per heavy atom. The largest absolute Gasteiger partial charge is 0.484 e. The second-order valence-electron chi connectivity index (χ2n) is 5.17. The third kappa shape index (κ3) is 5.48. The smallest absolute Gasteiger partial charge is 0.337 e. The van der Waals surface area contributed by atoms with Crippen molar-refractivity contribution in [1.82, 2.24) is 10.9 Å². The first-order valence-corrected chi connectivity index (χ1v) is 7.63. The van der Waals surface area contributed by atoms with Gasteiger partial charge in [-0.3, -0.25) is 10.2 Å². The summed E-state index contributed by atoms with van der Waals surface area (Å²) in [6.07, 6.45) is 0. The highest BCUT2D eigenvalue weighted by Gasteiger charge is 2.06. The van der Waals surface area contributed by atoms with E-state index in [4.69, 9.17) is 16.3 Å². The van der Waals surface area contributed by atoms with Crippen LogP contribution in [0.1, 0.15) is 11.1 Å². The van der Waals surface area contributed by atoms with Gasteiger partial charge in [-0.05, 0) is 61.4 Å². The van der Waals surface area contributed by atoms with Crippen molar-refractivity contribution in [3.05, 3.63) is 58.6 Å². The Labute approximate surface area is 145 Å². The van der Waals surface area contributed by atoms with E-state index in [1.54, 1.807) is 30.3 Å². The first-order chi connectivity index (χ1) is 11.4. The minimum atomic E-state index is -0.572. The van der Waals surface area contributed by atoms with Gasteiger partial charge in [0.1, 0.15) is 5.75 Å². The number of carbonyl (C=O) groups excluding carboxylic acids is 2. The number of carbonyl (C=O) groups is 2. The molecule has 0 aliphatic carbocycles. The van der Waals surface area contributed by atoms with Crippen LogP contribution in [0.25, 0.3) is 0 Å². The van der Waals surface area contributed by atoms with Crippen molar-refractivity contribution < 1.29 is 14.3 Å². The molecule has 0 bridgehead atoms. The van der Waals surface area contributed by atoms with E-state index in [2.05, 4.69) is 16.2 Å². The molecule has 2 aromatic rings. The molecule has 3 N–H and O–H groups in total. The summed E-state index contributed by atoms with van der Waals surface area (Å²) < 4.78 is 5.37. The van der Waals surface area contributed by atoms with Crippen LogP contribution in [0.4, 0.5) is 10.5 Å². The molecule has 0 saturated heterocycles. The van der Waals surface area contributed by atoms with Gasteiger partial charge in [0, 0.05) is 10.7 Å². The van der Waals surface area contributed by atoms with E-state index in [9.17, 15) is 9.59 Å². The molecule has 0 atom stereocenters. The first kappa shape index (κ1) is 17.6. The number of amides is 3. The predicted octanol–water partition coefficient (Wildman–Crippen LogP) is 3.19. The van der Waals surface area contributed by atoms with E-state index >= 15 is 0 Å². The monoisotopic (exact) mass is 347 g/mol. The molecule has 6 nitrogen and oxygen atoms in total. The highest BCUT2D eigenvalue weighted by Crippen LogP contribution is 2.16. The maximum absolute atomic E-state index is 11.7. The molecule has 24 heavy (non-hydrogen) atoms. The van der Waals surface area contributed by atoms with Crippen LogP contribution in [0.5, 0.6) is 5.75 Å². The lowest BCUT2D eigenvalue weighted by molar-refractivity contribution is -0.123. The van der Waals surface area contributed by atoms with Gasteiger partial charge in [0.05, 0.1) is 0 Å². The molecule has 0 fully saturated rings. The van der Waals surface area contributed by atoms with Gasteiger partial charge in [0.15, 0.2) is 6.61 Å². The molecule has 126 valence electrons. The lowest BCUT2D eigenvalue weighted by Gasteiger charge is -2.10. The summed E-state index contributed by atoms with van der Waals surface area (Å²) in [4.78, 5) is 23.3. The van der Waals surface area contributed by atoms with Gasteiger partial charge in [-0.15, -0.1) is 0 Å². The molecule has 0 heterocycles. The van der Waals surface area contributed by atoms with Crippen molar-refractivity contribution >= 4 is 29.2 Å². The van der Waals surface area contributed by atoms with E-state index in [1.165, 1.54) is 0 Å². The maximum atomic E-state index is 11.7. The summed E-state index contributed by atoms with van der Waals surface area (Å²) in [6.45, 7) is 3.75. The van der Waals surface area contributed by atoms with E-state index in [0.29, 0.717) is 16.5 Å². The SMILES string of the molecule is Cc1ccc(OCC(=O)NNC(=O)Nc2ccc(Cl)cc2)cc1C. The number of urea groups is 1. The Kier molecular flexibility index (Phi) is 6.03. The zero-order chi connectivity index (χ0) is 17.5. The van der Waals surface area contributed by atoms with Crippen molar-refractivity contribution in [3.8, 4) is 5.75 Å². The number of nitrogens with one attached hydrogen (secondary N) is 3. The number of hydrazine groups is 1. The molecule has 0 spiro atoms. The van der Waals surface area contributed by atoms with Crippen LogP contribution in [0.2, 0.25) is 5.02 Å². The highest BCUT2D eigenvalue weighted by molar-refractivity contribution is 6.30. The number of halogens is 1. The van der Waals surface area contributed by atoms with Crippen LogP contribution in [-0.2, 0) is 4.79 Å². The summed E-state index contributed by atoms with van der Waals surface area (Å²) in [5.74, 6) is 0.123. The molecule has 3 amide bonds. The second-order valence-corrected chi connectivity index (χ2v) is 5.61. The van der Waals surface area contributed by atoms with Crippen LogP contribution in [0.3, 0.4) is 0 Å². The topological polar surface area (TPSA) is 79.5 Å². The zero-order valence-electron chi connectivity index (χ0n) is 13.4.